The van der Waals surface area contributed by atoms with Gasteiger partial charge in [-0.3, -0.25) is 0 Å². The molecule has 0 spiro atoms. The summed E-state index contributed by atoms with van der Waals surface area (Å²) >= 11 is 0. The van der Waals surface area contributed by atoms with Crippen LogP contribution < -0.4 is 4.74 Å². The van der Waals surface area contributed by atoms with Crippen molar-refractivity contribution in [3.63, 3.8) is 0 Å². The van der Waals surface area contributed by atoms with E-state index < -0.39 is 0 Å². The number of ether oxygens (including phenoxy) is 1. The molecule has 0 N–H and O–H groups in total. The van der Waals surface area contributed by atoms with Gasteiger partial charge in [0.05, 0.1) is 23.2 Å². The van der Waals surface area contributed by atoms with Crippen LogP contribution >= 0.6 is 0 Å². The molecule has 4 aromatic rings. The van der Waals surface area contributed by atoms with E-state index in [0.29, 0.717) is 24.5 Å². The van der Waals surface area contributed by atoms with Crippen LogP contribution in [0.15, 0.2) is 66.7 Å². The number of hydrogen-bond donors (Lipinski definition) is 0. The average Bonchev–Trinajstić information content (AvgIpc) is 3.03. The van der Waals surface area contributed by atoms with Crippen LogP contribution in [0.5, 0.6) is 5.75 Å². The maximum atomic E-state index is 14.4. The standard InChI is InChI=1S/C24H23FN2O/c1-17-14-18(2)16-19(15-17)28-13-7-12-27-23-11-6-5-10-22(23)26-24(27)20-8-3-4-9-21(20)25/h3-6,8-11,14-16H,7,12-13H2,1-2H3. The van der Waals surface area contributed by atoms with Crippen molar-refractivity contribution < 1.29 is 9.13 Å². The molecular formula is C24H23FN2O. The van der Waals surface area contributed by atoms with E-state index in [2.05, 4.69) is 29.5 Å². The number of aromatic nitrogens is 2. The number of halogens is 1. The molecule has 3 aromatic carbocycles. The highest BCUT2D eigenvalue weighted by Gasteiger charge is 2.15. The average molecular weight is 374 g/mol. The first-order valence-corrected chi connectivity index (χ1v) is 9.53. The fourth-order valence-electron chi connectivity index (χ4n) is 3.58. The Bertz CT molecular complexity index is 1100. The molecule has 0 atom stereocenters. The Balaban J connectivity index is 1.56. The fourth-order valence-corrected chi connectivity index (χ4v) is 3.58. The van der Waals surface area contributed by atoms with Crippen molar-refractivity contribution in [3.8, 4) is 17.1 Å². The van der Waals surface area contributed by atoms with Crippen LogP contribution in [0.3, 0.4) is 0 Å². The lowest BCUT2D eigenvalue weighted by Crippen LogP contribution is -2.06. The third-order valence-corrected chi connectivity index (χ3v) is 4.76. The number of fused-ring (bicyclic) bond motifs is 1. The minimum atomic E-state index is -0.259. The summed E-state index contributed by atoms with van der Waals surface area (Å²) < 4.78 is 22.4. The summed E-state index contributed by atoms with van der Waals surface area (Å²) in [5.41, 5.74) is 4.78. The molecule has 0 amide bonds. The Hall–Kier alpha value is -3.14. The highest BCUT2D eigenvalue weighted by molar-refractivity contribution is 5.80. The molecule has 0 bridgehead atoms. The van der Waals surface area contributed by atoms with Crippen LogP contribution in [-0.4, -0.2) is 16.2 Å². The number of nitrogens with zero attached hydrogens (tertiary/aromatic N) is 2. The molecule has 28 heavy (non-hydrogen) atoms. The minimum absolute atomic E-state index is 0.259. The molecule has 0 unspecified atom stereocenters. The van der Waals surface area contributed by atoms with Gasteiger partial charge in [0.2, 0.25) is 0 Å². The summed E-state index contributed by atoms with van der Waals surface area (Å²) in [5.74, 6) is 1.29. The Labute approximate surface area is 164 Å². The number of hydrogen-bond acceptors (Lipinski definition) is 2. The normalized spacial score (nSPS) is 11.1. The van der Waals surface area contributed by atoms with E-state index in [1.807, 2.05) is 42.5 Å². The van der Waals surface area contributed by atoms with Gasteiger partial charge in [-0.05, 0) is 67.8 Å². The first kappa shape index (κ1) is 18.2. The first-order chi connectivity index (χ1) is 13.6. The Kier molecular flexibility index (Phi) is 5.11. The quantitative estimate of drug-likeness (QED) is 0.391. The SMILES string of the molecule is Cc1cc(C)cc(OCCCn2c(-c3ccccc3F)nc3ccccc32)c1. The predicted octanol–water partition coefficient (Wildman–Crippen LogP) is 5.93. The lowest BCUT2D eigenvalue weighted by atomic mass is 10.1. The second-order valence-corrected chi connectivity index (χ2v) is 7.08. The highest BCUT2D eigenvalue weighted by Crippen LogP contribution is 2.27. The molecule has 4 heteroatoms. The van der Waals surface area contributed by atoms with Gasteiger partial charge < -0.3 is 9.30 Å². The molecular weight excluding hydrogens is 351 g/mol. The number of rotatable bonds is 6. The Morgan fingerprint density at radius 1 is 0.929 bits per heavy atom. The molecule has 1 aromatic heterocycles. The second-order valence-electron chi connectivity index (χ2n) is 7.08. The van der Waals surface area contributed by atoms with Crippen molar-refractivity contribution in [3.05, 3.63) is 83.7 Å². The van der Waals surface area contributed by atoms with Crippen LogP contribution in [0.2, 0.25) is 0 Å². The summed E-state index contributed by atoms with van der Waals surface area (Å²) in [6.07, 6.45) is 0.800. The van der Waals surface area contributed by atoms with Gasteiger partial charge in [-0.1, -0.05) is 30.3 Å². The monoisotopic (exact) mass is 374 g/mol. The van der Waals surface area contributed by atoms with Crippen LogP contribution in [0.1, 0.15) is 17.5 Å². The number of para-hydroxylation sites is 2. The van der Waals surface area contributed by atoms with Gasteiger partial charge in [-0.2, -0.15) is 0 Å². The van der Waals surface area contributed by atoms with Crippen LogP contribution in [0, 0.1) is 19.7 Å². The zero-order valence-electron chi connectivity index (χ0n) is 16.2. The third-order valence-electron chi connectivity index (χ3n) is 4.76. The first-order valence-electron chi connectivity index (χ1n) is 9.53. The maximum absolute atomic E-state index is 14.4. The van der Waals surface area contributed by atoms with Crippen molar-refractivity contribution in [1.29, 1.82) is 0 Å². The van der Waals surface area contributed by atoms with Gasteiger partial charge in [0.1, 0.15) is 17.4 Å². The van der Waals surface area contributed by atoms with Crippen molar-refractivity contribution in [1.82, 2.24) is 9.55 Å². The van der Waals surface area contributed by atoms with Crippen LogP contribution in [0.4, 0.5) is 4.39 Å². The number of benzene rings is 3. The Morgan fingerprint density at radius 2 is 1.64 bits per heavy atom. The largest absolute Gasteiger partial charge is 0.494 e. The fraction of sp³-hybridized carbons (Fsp3) is 0.208. The molecule has 0 aliphatic rings. The van der Waals surface area contributed by atoms with Crippen LogP contribution in [-0.2, 0) is 6.54 Å². The number of aryl methyl sites for hydroxylation is 3. The lowest BCUT2D eigenvalue weighted by Gasteiger charge is -2.12. The summed E-state index contributed by atoms with van der Waals surface area (Å²) in [4.78, 5) is 4.69. The van der Waals surface area contributed by atoms with Crippen molar-refractivity contribution in [2.45, 2.75) is 26.8 Å². The van der Waals surface area contributed by atoms with Gasteiger partial charge in [0.15, 0.2) is 0 Å². The molecule has 0 aliphatic carbocycles. The zero-order chi connectivity index (χ0) is 19.5. The van der Waals surface area contributed by atoms with E-state index in [4.69, 9.17) is 4.74 Å². The van der Waals surface area contributed by atoms with E-state index in [1.165, 1.54) is 17.2 Å². The van der Waals surface area contributed by atoms with E-state index in [1.54, 1.807) is 12.1 Å². The number of imidazole rings is 1. The van der Waals surface area contributed by atoms with E-state index in [-0.39, 0.29) is 5.82 Å². The van der Waals surface area contributed by atoms with Crippen molar-refractivity contribution in [2.75, 3.05) is 6.61 Å². The Morgan fingerprint density at radius 3 is 2.43 bits per heavy atom. The van der Waals surface area contributed by atoms with Crippen molar-refractivity contribution >= 4 is 11.0 Å². The van der Waals surface area contributed by atoms with Gasteiger partial charge in [-0.15, -0.1) is 0 Å². The smallest absolute Gasteiger partial charge is 0.144 e. The molecule has 1 heterocycles. The molecule has 142 valence electrons. The molecule has 4 rings (SSSR count). The molecule has 0 saturated heterocycles. The topological polar surface area (TPSA) is 27.1 Å². The van der Waals surface area contributed by atoms with Gasteiger partial charge in [0, 0.05) is 6.54 Å². The molecule has 3 nitrogen and oxygen atoms in total. The van der Waals surface area contributed by atoms with Gasteiger partial charge >= 0.3 is 0 Å². The van der Waals surface area contributed by atoms with E-state index >= 15 is 0 Å². The minimum Gasteiger partial charge on any atom is -0.494 e. The van der Waals surface area contributed by atoms with Gasteiger partial charge in [-0.25, -0.2) is 9.37 Å². The zero-order valence-corrected chi connectivity index (χ0v) is 16.2. The molecule has 0 saturated carbocycles. The summed E-state index contributed by atoms with van der Waals surface area (Å²) in [5, 5.41) is 0. The lowest BCUT2D eigenvalue weighted by molar-refractivity contribution is 0.302. The van der Waals surface area contributed by atoms with Gasteiger partial charge in [0.25, 0.3) is 0 Å². The predicted molar refractivity (Wildman–Crippen MR) is 111 cm³/mol. The molecule has 0 fully saturated rings. The second kappa shape index (κ2) is 7.85. The van der Waals surface area contributed by atoms with Crippen molar-refractivity contribution in [2.24, 2.45) is 0 Å². The highest BCUT2D eigenvalue weighted by atomic mass is 19.1. The summed E-state index contributed by atoms with van der Waals surface area (Å²) in [6, 6.07) is 20.9. The molecule has 0 radical (unpaired) electrons. The van der Waals surface area contributed by atoms with E-state index in [9.17, 15) is 4.39 Å². The molecule has 0 aliphatic heterocycles. The van der Waals surface area contributed by atoms with Crippen LogP contribution in [0.25, 0.3) is 22.4 Å². The summed E-state index contributed by atoms with van der Waals surface area (Å²) in [6.45, 7) is 5.43. The maximum Gasteiger partial charge on any atom is 0.144 e. The third kappa shape index (κ3) is 3.77. The van der Waals surface area contributed by atoms with E-state index in [0.717, 1.165) is 23.2 Å². The summed E-state index contributed by atoms with van der Waals surface area (Å²) in [7, 11) is 0.